The van der Waals surface area contributed by atoms with Gasteiger partial charge in [0.2, 0.25) is 5.91 Å². The maximum atomic E-state index is 12.6. The number of anilines is 1. The van der Waals surface area contributed by atoms with E-state index in [0.29, 0.717) is 5.82 Å². The lowest BCUT2D eigenvalue weighted by atomic mass is 9.96. The van der Waals surface area contributed by atoms with E-state index in [1.807, 2.05) is 32.9 Å². The van der Waals surface area contributed by atoms with Gasteiger partial charge in [-0.05, 0) is 58.3 Å². The number of nitrogens with one attached hydrogen (secondary N) is 1. The average Bonchev–Trinajstić information content (AvgIpc) is 2.97. The number of nitrogens with zero attached hydrogens (tertiary/aromatic N) is 2. The van der Waals surface area contributed by atoms with Gasteiger partial charge in [-0.2, -0.15) is 0 Å². The predicted molar refractivity (Wildman–Crippen MR) is 180 cm³/mol. The van der Waals surface area contributed by atoms with Gasteiger partial charge in [-0.25, -0.2) is 4.98 Å². The molecule has 1 amide bonds. The van der Waals surface area contributed by atoms with Crippen LogP contribution in [0.15, 0.2) is 72.8 Å². The van der Waals surface area contributed by atoms with Crippen molar-refractivity contribution < 1.29 is 4.79 Å². The van der Waals surface area contributed by atoms with Crippen LogP contribution in [0.2, 0.25) is 0 Å². The van der Waals surface area contributed by atoms with Gasteiger partial charge in [0.15, 0.2) is 0 Å². The van der Waals surface area contributed by atoms with Gasteiger partial charge in [0, 0.05) is 18.5 Å². The zero-order chi connectivity index (χ0) is 29.8. The quantitative estimate of drug-likeness (QED) is 0.109. The molecule has 1 heterocycles. The minimum Gasteiger partial charge on any atom is -0.310 e. The molecule has 4 heteroatoms. The zero-order valence-electron chi connectivity index (χ0n) is 26.4. The molecule has 0 atom stereocenters. The van der Waals surface area contributed by atoms with Crippen LogP contribution in [-0.2, 0) is 17.9 Å². The molecule has 224 valence electrons. The number of amides is 1. The fraction of sp³-hybridized carbons (Fsp3) is 0.474. The van der Waals surface area contributed by atoms with Crippen molar-refractivity contribution >= 4 is 33.3 Å². The van der Waals surface area contributed by atoms with Crippen molar-refractivity contribution in [3.05, 3.63) is 84.1 Å². The third kappa shape index (κ3) is 9.39. The van der Waals surface area contributed by atoms with E-state index in [9.17, 15) is 4.79 Å². The van der Waals surface area contributed by atoms with Crippen molar-refractivity contribution in [2.45, 2.75) is 105 Å². The Balaban J connectivity index is 1.48. The Morgan fingerprint density at radius 2 is 1.29 bits per heavy atom. The van der Waals surface area contributed by atoms with E-state index in [1.54, 1.807) is 0 Å². The van der Waals surface area contributed by atoms with Gasteiger partial charge >= 0.3 is 0 Å². The van der Waals surface area contributed by atoms with Crippen LogP contribution in [-0.4, -0.2) is 22.3 Å². The number of hydrogen-bond acceptors (Lipinski definition) is 3. The third-order valence-electron chi connectivity index (χ3n) is 8.21. The first-order valence-electron chi connectivity index (χ1n) is 16.2. The van der Waals surface area contributed by atoms with Gasteiger partial charge in [0.25, 0.3) is 0 Å². The number of carbonyl (C=O) groups is 1. The van der Waals surface area contributed by atoms with Crippen LogP contribution in [0.25, 0.3) is 21.5 Å². The Morgan fingerprint density at radius 1 is 0.714 bits per heavy atom. The van der Waals surface area contributed by atoms with Gasteiger partial charge < -0.3 is 5.32 Å². The van der Waals surface area contributed by atoms with Crippen LogP contribution < -0.4 is 5.32 Å². The van der Waals surface area contributed by atoms with Gasteiger partial charge in [-0.1, -0.05) is 140 Å². The lowest BCUT2D eigenvalue weighted by Gasteiger charge is -2.24. The third-order valence-corrected chi connectivity index (χ3v) is 8.21. The van der Waals surface area contributed by atoms with Gasteiger partial charge in [0.1, 0.15) is 5.82 Å². The van der Waals surface area contributed by atoms with Crippen LogP contribution in [0.3, 0.4) is 0 Å². The van der Waals surface area contributed by atoms with E-state index >= 15 is 0 Å². The molecule has 0 aliphatic carbocycles. The van der Waals surface area contributed by atoms with Crippen LogP contribution in [0.4, 0.5) is 5.82 Å². The fourth-order valence-corrected chi connectivity index (χ4v) is 5.71. The number of benzene rings is 3. The molecule has 0 spiro atoms. The van der Waals surface area contributed by atoms with E-state index in [2.05, 4.69) is 77.8 Å². The van der Waals surface area contributed by atoms with Crippen LogP contribution in [0.1, 0.15) is 103 Å². The molecule has 0 aliphatic rings. The van der Waals surface area contributed by atoms with Gasteiger partial charge in [-0.15, -0.1) is 0 Å². The van der Waals surface area contributed by atoms with Gasteiger partial charge in [-0.3, -0.25) is 9.69 Å². The molecule has 0 aliphatic heterocycles. The molecule has 4 nitrogen and oxygen atoms in total. The molecule has 0 unspecified atom stereocenters. The highest BCUT2D eigenvalue weighted by Gasteiger charge is 2.22. The Labute approximate surface area is 253 Å². The smallest absolute Gasteiger partial charge is 0.230 e. The lowest BCUT2D eigenvalue weighted by molar-refractivity contribution is -0.123. The number of rotatable bonds is 16. The molecular formula is C38H51N3O. The fourth-order valence-electron chi connectivity index (χ4n) is 5.71. The molecule has 0 fully saturated rings. The zero-order valence-corrected chi connectivity index (χ0v) is 26.4. The molecule has 0 radical (unpaired) electrons. The minimum absolute atomic E-state index is 0.0170. The maximum absolute atomic E-state index is 12.6. The summed E-state index contributed by atoms with van der Waals surface area (Å²) in [6, 6.07) is 25.8. The summed E-state index contributed by atoms with van der Waals surface area (Å²) in [6.45, 7) is 10.7. The van der Waals surface area contributed by atoms with Crippen molar-refractivity contribution in [3.8, 4) is 0 Å². The van der Waals surface area contributed by atoms with Crippen LogP contribution in [0.5, 0.6) is 0 Å². The molecule has 4 rings (SSSR count). The van der Waals surface area contributed by atoms with E-state index in [1.165, 1.54) is 91.3 Å². The second-order valence-corrected chi connectivity index (χ2v) is 12.9. The van der Waals surface area contributed by atoms with Crippen molar-refractivity contribution in [2.24, 2.45) is 5.41 Å². The summed E-state index contributed by atoms with van der Waals surface area (Å²) in [5.74, 6) is 0.610. The number of carbonyl (C=O) groups excluding carboxylic acids is 1. The summed E-state index contributed by atoms with van der Waals surface area (Å²) in [5.41, 5.74) is 1.90. The molecule has 0 saturated carbocycles. The Morgan fingerprint density at radius 3 is 1.88 bits per heavy atom. The van der Waals surface area contributed by atoms with Crippen LogP contribution >= 0.6 is 0 Å². The lowest BCUT2D eigenvalue weighted by Crippen LogP contribution is -2.28. The highest BCUT2D eigenvalue weighted by atomic mass is 16.2. The number of pyridine rings is 1. The van der Waals surface area contributed by atoms with E-state index in [-0.39, 0.29) is 5.91 Å². The highest BCUT2D eigenvalue weighted by Crippen LogP contribution is 2.30. The highest BCUT2D eigenvalue weighted by molar-refractivity contribution is 6.02. The molecule has 0 saturated heterocycles. The Bertz CT molecular complexity index is 1370. The molecule has 0 bridgehead atoms. The van der Waals surface area contributed by atoms with Gasteiger partial charge in [0.05, 0.1) is 5.69 Å². The van der Waals surface area contributed by atoms with E-state index in [4.69, 9.17) is 4.98 Å². The minimum atomic E-state index is -0.464. The number of aromatic nitrogens is 1. The number of fused-ring (bicyclic) bond motifs is 2. The first kappa shape index (κ1) is 31.7. The largest absolute Gasteiger partial charge is 0.310 e. The molecule has 1 N–H and O–H groups in total. The first-order chi connectivity index (χ1) is 20.3. The maximum Gasteiger partial charge on any atom is 0.230 e. The average molecular weight is 566 g/mol. The summed E-state index contributed by atoms with van der Waals surface area (Å²) in [7, 11) is 0. The summed E-state index contributed by atoms with van der Waals surface area (Å²) in [6.07, 6.45) is 13.3. The normalized spacial score (nSPS) is 11.9. The second kappa shape index (κ2) is 15.8. The molecule has 4 aromatic rings. The predicted octanol–water partition coefficient (Wildman–Crippen LogP) is 10.3. The molecular weight excluding hydrogens is 514 g/mol. The summed E-state index contributed by atoms with van der Waals surface area (Å²) < 4.78 is 0. The topological polar surface area (TPSA) is 45.2 Å². The van der Waals surface area contributed by atoms with Crippen molar-refractivity contribution in [1.29, 1.82) is 0 Å². The van der Waals surface area contributed by atoms with Crippen molar-refractivity contribution in [1.82, 2.24) is 9.88 Å². The molecule has 1 aromatic heterocycles. The molecule has 3 aromatic carbocycles. The summed E-state index contributed by atoms with van der Waals surface area (Å²) >= 11 is 0. The van der Waals surface area contributed by atoms with E-state index < -0.39 is 5.41 Å². The summed E-state index contributed by atoms with van der Waals surface area (Å²) in [4.78, 5) is 20.0. The van der Waals surface area contributed by atoms with Crippen LogP contribution in [0, 0.1) is 5.41 Å². The Hall–Kier alpha value is -3.24. The number of hydrogen-bond donors (Lipinski definition) is 1. The van der Waals surface area contributed by atoms with E-state index in [0.717, 1.165) is 25.3 Å². The molecule has 42 heavy (non-hydrogen) atoms. The number of unbranched alkanes of at least 4 members (excludes halogenated alkanes) is 9. The van der Waals surface area contributed by atoms with Crippen molar-refractivity contribution in [3.63, 3.8) is 0 Å². The Kier molecular flexibility index (Phi) is 12.0. The second-order valence-electron chi connectivity index (χ2n) is 12.9. The first-order valence-corrected chi connectivity index (χ1v) is 16.2. The SMILES string of the molecule is CCCCCCCCCCCCN(Cc1cccc(NC(=O)C(C)(C)C)n1)Cc1c2ccccc2cc2ccccc12. The summed E-state index contributed by atoms with van der Waals surface area (Å²) in [5, 5.41) is 8.23. The van der Waals surface area contributed by atoms with Crippen molar-refractivity contribution in [2.75, 3.05) is 11.9 Å². The monoisotopic (exact) mass is 565 g/mol. The standard InChI is InChI=1S/C38H51N3O/c1-5-6-7-8-9-10-11-12-13-18-26-41(28-32-22-19-25-36(39-32)40-37(42)38(2,3)4)29-35-33-23-16-14-20-30(33)27-31-21-15-17-24-34(31)35/h14-17,19-25,27H,5-13,18,26,28-29H2,1-4H3,(H,39,40,42).